The summed E-state index contributed by atoms with van der Waals surface area (Å²) in [6.45, 7) is 1.88. The molecule has 7 heteroatoms. The lowest BCUT2D eigenvalue weighted by Crippen LogP contribution is -2.31. The van der Waals surface area contributed by atoms with Crippen LogP contribution in [-0.2, 0) is 0 Å². The topological polar surface area (TPSA) is 103 Å². The van der Waals surface area contributed by atoms with Gasteiger partial charge in [-0.05, 0) is 37.3 Å². The van der Waals surface area contributed by atoms with Crippen molar-refractivity contribution < 1.29 is 4.79 Å². The van der Waals surface area contributed by atoms with Gasteiger partial charge in [0.25, 0.3) is 5.56 Å². The molecule has 0 saturated carbocycles. The first-order valence-electron chi connectivity index (χ1n) is 6.82. The zero-order chi connectivity index (χ0) is 15.5. The standard InChI is InChI=1S/C15H15N5O2/c1-9(12-3-2-6-16-12)19-15(22)20-10-4-5-13-11(7-10)14(21)18-8-17-13/h2-9,16H,1H3,(H,17,18,21)(H2,19,20,22). The maximum atomic E-state index is 12.0. The third kappa shape index (κ3) is 2.83. The van der Waals surface area contributed by atoms with E-state index in [9.17, 15) is 9.59 Å². The molecular weight excluding hydrogens is 282 g/mol. The largest absolute Gasteiger partial charge is 0.363 e. The van der Waals surface area contributed by atoms with Crippen molar-refractivity contribution in [1.82, 2.24) is 20.3 Å². The summed E-state index contributed by atoms with van der Waals surface area (Å²) in [7, 11) is 0. The molecule has 0 aliphatic heterocycles. The molecule has 1 aromatic carbocycles. The zero-order valence-electron chi connectivity index (χ0n) is 11.9. The van der Waals surface area contributed by atoms with E-state index in [2.05, 4.69) is 25.6 Å². The Hall–Kier alpha value is -3.09. The van der Waals surface area contributed by atoms with Crippen molar-refractivity contribution in [1.29, 1.82) is 0 Å². The van der Waals surface area contributed by atoms with E-state index in [1.165, 1.54) is 6.33 Å². The Balaban J connectivity index is 1.74. The molecular formula is C15H15N5O2. The van der Waals surface area contributed by atoms with Crippen molar-refractivity contribution in [3.63, 3.8) is 0 Å². The van der Waals surface area contributed by atoms with Gasteiger partial charge >= 0.3 is 6.03 Å². The molecule has 3 rings (SSSR count). The molecule has 3 aromatic rings. The van der Waals surface area contributed by atoms with Crippen molar-refractivity contribution in [2.45, 2.75) is 13.0 Å². The number of nitrogens with one attached hydrogen (secondary N) is 4. The van der Waals surface area contributed by atoms with Gasteiger partial charge in [0.1, 0.15) is 0 Å². The van der Waals surface area contributed by atoms with Gasteiger partial charge in [0.2, 0.25) is 0 Å². The summed E-state index contributed by atoms with van der Waals surface area (Å²) < 4.78 is 0. The van der Waals surface area contributed by atoms with Crippen LogP contribution in [0.1, 0.15) is 18.7 Å². The monoisotopic (exact) mass is 297 g/mol. The third-order valence-corrected chi connectivity index (χ3v) is 3.33. The molecule has 0 bridgehead atoms. The highest BCUT2D eigenvalue weighted by Gasteiger charge is 2.10. The summed E-state index contributed by atoms with van der Waals surface area (Å²) in [5, 5.41) is 5.95. The molecule has 0 saturated heterocycles. The second-order valence-corrected chi connectivity index (χ2v) is 4.91. The van der Waals surface area contributed by atoms with Crippen LogP contribution in [-0.4, -0.2) is 21.0 Å². The highest BCUT2D eigenvalue weighted by Crippen LogP contribution is 2.14. The summed E-state index contributed by atoms with van der Waals surface area (Å²) in [4.78, 5) is 33.3. The number of hydrogen-bond donors (Lipinski definition) is 4. The highest BCUT2D eigenvalue weighted by atomic mass is 16.2. The second-order valence-electron chi connectivity index (χ2n) is 4.91. The number of hydrogen-bond acceptors (Lipinski definition) is 3. The van der Waals surface area contributed by atoms with Gasteiger partial charge in [-0.2, -0.15) is 0 Å². The molecule has 2 amide bonds. The fourth-order valence-electron chi connectivity index (χ4n) is 2.20. The summed E-state index contributed by atoms with van der Waals surface area (Å²) in [5.41, 5.74) is 1.78. The lowest BCUT2D eigenvalue weighted by Gasteiger charge is -2.13. The summed E-state index contributed by atoms with van der Waals surface area (Å²) >= 11 is 0. The SMILES string of the molecule is CC(NC(=O)Nc1ccc2nc[nH]c(=O)c2c1)c1ccc[nH]1. The second kappa shape index (κ2) is 5.72. The minimum atomic E-state index is -0.346. The molecule has 0 aliphatic rings. The van der Waals surface area contributed by atoms with E-state index in [1.54, 1.807) is 24.4 Å². The fourth-order valence-corrected chi connectivity index (χ4v) is 2.20. The van der Waals surface area contributed by atoms with Gasteiger partial charge in [-0.15, -0.1) is 0 Å². The number of carbonyl (C=O) groups is 1. The number of anilines is 1. The number of rotatable bonds is 3. The first kappa shape index (κ1) is 13.9. The van der Waals surface area contributed by atoms with Crippen LogP contribution >= 0.6 is 0 Å². The van der Waals surface area contributed by atoms with Gasteiger partial charge in [-0.1, -0.05) is 0 Å². The van der Waals surface area contributed by atoms with Gasteiger partial charge in [-0.3, -0.25) is 4.79 Å². The highest BCUT2D eigenvalue weighted by molar-refractivity contribution is 5.92. The number of H-pyrrole nitrogens is 2. The number of nitrogens with zero attached hydrogens (tertiary/aromatic N) is 1. The predicted octanol–water partition coefficient (Wildman–Crippen LogP) is 2.13. The molecule has 112 valence electrons. The van der Waals surface area contributed by atoms with Gasteiger partial charge in [0.15, 0.2) is 0 Å². The van der Waals surface area contributed by atoms with Crippen molar-refractivity contribution in [3.8, 4) is 0 Å². The molecule has 22 heavy (non-hydrogen) atoms. The normalized spacial score (nSPS) is 12.0. The molecule has 0 spiro atoms. The first-order chi connectivity index (χ1) is 10.6. The number of aromatic nitrogens is 3. The van der Waals surface area contributed by atoms with Crippen LogP contribution in [0.4, 0.5) is 10.5 Å². The smallest absolute Gasteiger partial charge is 0.319 e. The van der Waals surface area contributed by atoms with Crippen LogP contribution in [0.25, 0.3) is 10.9 Å². The lowest BCUT2D eigenvalue weighted by molar-refractivity contribution is 0.249. The summed E-state index contributed by atoms with van der Waals surface area (Å²) in [6, 6.07) is 8.25. The van der Waals surface area contributed by atoms with Gasteiger partial charge in [0.05, 0.1) is 23.3 Å². The zero-order valence-corrected chi connectivity index (χ0v) is 11.9. The van der Waals surface area contributed by atoms with Gasteiger partial charge < -0.3 is 20.6 Å². The Bertz CT molecular complexity index is 854. The number of fused-ring (bicyclic) bond motifs is 1. The van der Waals surface area contributed by atoms with Crippen molar-refractivity contribution in [2.24, 2.45) is 0 Å². The van der Waals surface area contributed by atoms with Crippen LogP contribution in [0.5, 0.6) is 0 Å². The Labute approximate surface area is 125 Å². The number of carbonyl (C=O) groups excluding carboxylic acids is 1. The van der Waals surface area contributed by atoms with E-state index in [1.807, 2.05) is 19.1 Å². The number of amides is 2. The quantitative estimate of drug-likeness (QED) is 0.595. The van der Waals surface area contributed by atoms with E-state index in [-0.39, 0.29) is 17.6 Å². The number of benzene rings is 1. The molecule has 4 N–H and O–H groups in total. The van der Waals surface area contributed by atoms with E-state index in [4.69, 9.17) is 0 Å². The summed E-state index contributed by atoms with van der Waals surface area (Å²) in [5.74, 6) is 0. The maximum absolute atomic E-state index is 12.0. The molecule has 0 aliphatic carbocycles. The van der Waals surface area contributed by atoms with Gasteiger partial charge in [-0.25, -0.2) is 9.78 Å². The number of urea groups is 1. The van der Waals surface area contributed by atoms with Crippen LogP contribution in [0.2, 0.25) is 0 Å². The Kier molecular flexibility index (Phi) is 3.61. The van der Waals surface area contributed by atoms with E-state index in [0.29, 0.717) is 16.6 Å². The predicted molar refractivity (Wildman–Crippen MR) is 83.7 cm³/mol. The first-order valence-corrected chi connectivity index (χ1v) is 6.82. The van der Waals surface area contributed by atoms with Crippen molar-refractivity contribution >= 4 is 22.6 Å². The maximum Gasteiger partial charge on any atom is 0.319 e. The minimum Gasteiger partial charge on any atom is -0.363 e. The Morgan fingerprint density at radius 2 is 2.14 bits per heavy atom. The summed E-state index contributed by atoms with van der Waals surface area (Å²) in [6.07, 6.45) is 3.15. The van der Waals surface area contributed by atoms with Gasteiger partial charge in [0, 0.05) is 17.6 Å². The average molecular weight is 297 g/mol. The van der Waals surface area contributed by atoms with E-state index >= 15 is 0 Å². The molecule has 0 fully saturated rings. The molecule has 0 radical (unpaired) electrons. The molecule has 1 atom stereocenters. The van der Waals surface area contributed by atoms with E-state index in [0.717, 1.165) is 5.69 Å². The van der Waals surface area contributed by atoms with Crippen molar-refractivity contribution in [3.05, 3.63) is 58.9 Å². The van der Waals surface area contributed by atoms with E-state index < -0.39 is 0 Å². The molecule has 2 heterocycles. The lowest BCUT2D eigenvalue weighted by atomic mass is 10.2. The van der Waals surface area contributed by atoms with Crippen LogP contribution in [0, 0.1) is 0 Å². The average Bonchev–Trinajstić information content (AvgIpc) is 3.02. The van der Waals surface area contributed by atoms with Crippen LogP contribution < -0.4 is 16.2 Å². The van der Waals surface area contributed by atoms with Crippen LogP contribution in [0.15, 0.2) is 47.7 Å². The van der Waals surface area contributed by atoms with Crippen molar-refractivity contribution in [2.75, 3.05) is 5.32 Å². The third-order valence-electron chi connectivity index (χ3n) is 3.33. The number of aromatic amines is 2. The van der Waals surface area contributed by atoms with Crippen LogP contribution in [0.3, 0.4) is 0 Å². The molecule has 1 unspecified atom stereocenters. The molecule has 7 nitrogen and oxygen atoms in total. The fraction of sp³-hybridized carbons (Fsp3) is 0.133. The molecule has 2 aromatic heterocycles. The minimum absolute atomic E-state index is 0.152. The Morgan fingerprint density at radius 1 is 1.27 bits per heavy atom. The Morgan fingerprint density at radius 3 is 2.91 bits per heavy atom.